The summed E-state index contributed by atoms with van der Waals surface area (Å²) >= 11 is 0. The molecule has 0 saturated heterocycles. The molecule has 0 fully saturated rings. The maximum absolute atomic E-state index is 13.8. The molecule has 3 aromatic rings. The maximum atomic E-state index is 13.8. The average Bonchev–Trinajstić information content (AvgIpc) is 3.15. The van der Waals surface area contributed by atoms with E-state index in [2.05, 4.69) is 27.2 Å². The van der Waals surface area contributed by atoms with Crippen LogP contribution in [-0.2, 0) is 13.5 Å². The van der Waals surface area contributed by atoms with Crippen LogP contribution in [0.15, 0.2) is 48.0 Å². The number of anilines is 1. The van der Waals surface area contributed by atoms with E-state index in [1.54, 1.807) is 7.05 Å². The van der Waals surface area contributed by atoms with E-state index in [1.807, 2.05) is 24.3 Å². The number of benzene rings is 2. The third-order valence-electron chi connectivity index (χ3n) is 5.31. The zero-order chi connectivity index (χ0) is 21.3. The Morgan fingerprint density at radius 2 is 1.80 bits per heavy atom. The van der Waals surface area contributed by atoms with Gasteiger partial charge in [-0.25, -0.2) is 8.78 Å². The Balaban J connectivity index is 1.51. The summed E-state index contributed by atoms with van der Waals surface area (Å²) < 4.78 is 27.7. The molecule has 1 aliphatic heterocycles. The highest BCUT2D eigenvalue weighted by molar-refractivity contribution is 5.98. The fourth-order valence-electron chi connectivity index (χ4n) is 3.63. The van der Waals surface area contributed by atoms with Gasteiger partial charge in [0.15, 0.2) is 5.78 Å². The number of aryl methyl sites for hydroxylation is 1. The molecule has 0 saturated carbocycles. The first-order valence-electron chi connectivity index (χ1n) is 9.66. The Morgan fingerprint density at radius 3 is 2.43 bits per heavy atom. The minimum atomic E-state index is -0.836. The molecule has 2 heterocycles. The fourth-order valence-corrected chi connectivity index (χ4v) is 3.63. The first-order chi connectivity index (χ1) is 14.4. The summed E-state index contributed by atoms with van der Waals surface area (Å²) in [6.07, 6.45) is 0.826. The molecule has 0 unspecified atom stereocenters. The van der Waals surface area contributed by atoms with Crippen LogP contribution in [0.1, 0.15) is 34.8 Å². The van der Waals surface area contributed by atoms with Gasteiger partial charge in [-0.3, -0.25) is 4.79 Å². The molecule has 0 N–H and O–H groups in total. The van der Waals surface area contributed by atoms with Crippen molar-refractivity contribution in [1.82, 2.24) is 20.2 Å². The molecule has 0 atom stereocenters. The molecule has 0 aliphatic carbocycles. The molecule has 0 radical (unpaired) electrons. The molecule has 8 heteroatoms. The number of aromatic nitrogens is 4. The van der Waals surface area contributed by atoms with Gasteiger partial charge in [0.2, 0.25) is 0 Å². The van der Waals surface area contributed by atoms with Crippen LogP contribution in [0.2, 0.25) is 0 Å². The topological polar surface area (TPSA) is 63.9 Å². The first-order valence-corrected chi connectivity index (χ1v) is 9.66. The molecule has 2 aromatic carbocycles. The molecular weight excluding hydrogens is 388 g/mol. The summed E-state index contributed by atoms with van der Waals surface area (Å²) in [5, 5.41) is 12.3. The zero-order valence-electron chi connectivity index (χ0n) is 16.8. The lowest BCUT2D eigenvalue weighted by Crippen LogP contribution is -2.31. The van der Waals surface area contributed by atoms with Gasteiger partial charge in [0.25, 0.3) is 5.95 Å². The summed E-state index contributed by atoms with van der Waals surface area (Å²) in [6.45, 7) is 3.59. The predicted octanol–water partition coefficient (Wildman–Crippen LogP) is 3.60. The summed E-state index contributed by atoms with van der Waals surface area (Å²) in [5.41, 5.74) is 3.71. The van der Waals surface area contributed by atoms with Crippen molar-refractivity contribution >= 4 is 17.3 Å². The molecule has 154 valence electrons. The van der Waals surface area contributed by atoms with Gasteiger partial charge in [0, 0.05) is 19.5 Å². The van der Waals surface area contributed by atoms with Crippen molar-refractivity contribution in [3.63, 3.8) is 0 Å². The molecule has 4 rings (SSSR count). The maximum Gasteiger partial charge on any atom is 0.266 e. The zero-order valence-corrected chi connectivity index (χ0v) is 16.8. The number of Topliss-reactive ketones (excluding diaryl/α,β-unsaturated/α-hetero) is 1. The van der Waals surface area contributed by atoms with E-state index in [0.29, 0.717) is 18.1 Å². The van der Waals surface area contributed by atoms with Crippen LogP contribution in [0.4, 0.5) is 14.7 Å². The van der Waals surface area contributed by atoms with E-state index < -0.39 is 23.0 Å². The fraction of sp³-hybridized carbons (Fsp3) is 0.273. The first kappa shape index (κ1) is 19.9. The van der Waals surface area contributed by atoms with E-state index in [9.17, 15) is 13.6 Å². The highest BCUT2D eigenvalue weighted by Gasteiger charge is 2.22. The Labute approximate surface area is 172 Å². The van der Waals surface area contributed by atoms with Crippen molar-refractivity contribution in [1.29, 1.82) is 0 Å². The Bertz CT molecular complexity index is 1100. The van der Waals surface area contributed by atoms with Crippen LogP contribution in [0.25, 0.3) is 5.57 Å². The monoisotopic (exact) mass is 409 g/mol. The minimum absolute atomic E-state index is 0.0637. The number of hydrogen-bond donors (Lipinski definition) is 0. The summed E-state index contributed by atoms with van der Waals surface area (Å²) in [6, 6.07) is 11.0. The van der Waals surface area contributed by atoms with Crippen LogP contribution in [0, 0.1) is 11.6 Å². The van der Waals surface area contributed by atoms with Crippen molar-refractivity contribution in [2.24, 2.45) is 7.05 Å². The molecule has 30 heavy (non-hydrogen) atoms. The normalized spacial score (nSPS) is 14.3. The third kappa shape index (κ3) is 3.98. The molecule has 0 spiro atoms. The summed E-state index contributed by atoms with van der Waals surface area (Å²) in [4.78, 5) is 15.9. The van der Waals surface area contributed by atoms with Gasteiger partial charge in [-0.2, -0.15) is 4.80 Å². The van der Waals surface area contributed by atoms with Gasteiger partial charge >= 0.3 is 0 Å². The second-order valence-electron chi connectivity index (χ2n) is 7.40. The van der Waals surface area contributed by atoms with Gasteiger partial charge < -0.3 is 4.90 Å². The van der Waals surface area contributed by atoms with Crippen LogP contribution >= 0.6 is 0 Å². The second kappa shape index (κ2) is 8.14. The number of hydrogen-bond acceptors (Lipinski definition) is 5. The Morgan fingerprint density at radius 1 is 1.10 bits per heavy atom. The van der Waals surface area contributed by atoms with Crippen molar-refractivity contribution in [3.8, 4) is 0 Å². The second-order valence-corrected chi connectivity index (χ2v) is 7.40. The number of tetrazole rings is 1. The highest BCUT2D eigenvalue weighted by Crippen LogP contribution is 2.28. The van der Waals surface area contributed by atoms with Gasteiger partial charge in [-0.15, -0.1) is 5.10 Å². The number of carbonyl (C=O) groups excluding carboxylic acids is 1. The Hall–Kier alpha value is -3.42. The average molecular weight is 409 g/mol. The summed E-state index contributed by atoms with van der Waals surface area (Å²) in [5.74, 6) is -1.66. The van der Waals surface area contributed by atoms with E-state index in [0.717, 1.165) is 30.7 Å². The summed E-state index contributed by atoms with van der Waals surface area (Å²) in [7, 11) is 1.73. The van der Waals surface area contributed by atoms with E-state index in [1.165, 1.54) is 22.0 Å². The van der Waals surface area contributed by atoms with Crippen LogP contribution in [-0.4, -0.2) is 39.1 Å². The quantitative estimate of drug-likeness (QED) is 0.603. The largest absolute Gasteiger partial charge is 0.334 e. The smallest absolute Gasteiger partial charge is 0.266 e. The standard InChI is InChI=1S/C22H21F2N5O/c1-14-10-11-29(22-25-27-28(2)26-22)13-17(14)16-8-6-15(7-9-16)12-20(30)21-18(23)4-3-5-19(21)24/h3-9H,10-13H2,1-2H3. The molecule has 0 amide bonds. The number of ketones is 1. The van der Waals surface area contributed by atoms with Gasteiger partial charge in [-0.1, -0.05) is 41.0 Å². The molecular formula is C22H21F2N5O. The van der Waals surface area contributed by atoms with Gasteiger partial charge in [0.1, 0.15) is 11.6 Å². The van der Waals surface area contributed by atoms with Crippen LogP contribution < -0.4 is 4.90 Å². The molecule has 0 bridgehead atoms. The third-order valence-corrected chi connectivity index (χ3v) is 5.31. The van der Waals surface area contributed by atoms with Crippen LogP contribution in [0.3, 0.4) is 0 Å². The Kier molecular flexibility index (Phi) is 5.39. The SMILES string of the molecule is CC1=C(c2ccc(CC(=O)c3c(F)cccc3F)cc2)CN(c2nnn(C)n2)CC1. The van der Waals surface area contributed by atoms with E-state index in [-0.39, 0.29) is 6.42 Å². The van der Waals surface area contributed by atoms with E-state index in [4.69, 9.17) is 0 Å². The number of carbonyl (C=O) groups is 1. The lowest BCUT2D eigenvalue weighted by atomic mass is 9.93. The lowest BCUT2D eigenvalue weighted by Gasteiger charge is -2.29. The molecule has 6 nitrogen and oxygen atoms in total. The minimum Gasteiger partial charge on any atom is -0.334 e. The number of nitrogens with zero attached hydrogens (tertiary/aromatic N) is 5. The van der Waals surface area contributed by atoms with Gasteiger partial charge in [0.05, 0.1) is 12.6 Å². The van der Waals surface area contributed by atoms with E-state index >= 15 is 0 Å². The highest BCUT2D eigenvalue weighted by atomic mass is 19.1. The number of halogens is 2. The van der Waals surface area contributed by atoms with Crippen LogP contribution in [0.5, 0.6) is 0 Å². The van der Waals surface area contributed by atoms with Gasteiger partial charge in [-0.05, 0) is 47.4 Å². The van der Waals surface area contributed by atoms with Crippen molar-refractivity contribution in [2.45, 2.75) is 19.8 Å². The predicted molar refractivity (Wildman–Crippen MR) is 109 cm³/mol. The van der Waals surface area contributed by atoms with Crippen molar-refractivity contribution < 1.29 is 13.6 Å². The lowest BCUT2D eigenvalue weighted by molar-refractivity contribution is 0.0985. The van der Waals surface area contributed by atoms with Crippen molar-refractivity contribution in [3.05, 3.63) is 76.4 Å². The number of rotatable bonds is 5. The van der Waals surface area contributed by atoms with Crippen molar-refractivity contribution in [2.75, 3.05) is 18.0 Å². The molecule has 1 aliphatic rings. The molecule has 1 aromatic heterocycles.